The number of nitrogens with zero attached hydrogens (tertiary/aromatic N) is 1. The number of carbonyl (C=O) groups is 3. The van der Waals surface area contributed by atoms with Crippen LogP contribution in [0.3, 0.4) is 0 Å². The van der Waals surface area contributed by atoms with Gasteiger partial charge in [0.2, 0.25) is 11.8 Å². The molecule has 11 heteroatoms. The maximum Gasteiger partial charge on any atom is 0.326 e. The van der Waals surface area contributed by atoms with Gasteiger partial charge >= 0.3 is 5.97 Å². The highest BCUT2D eigenvalue weighted by Gasteiger charge is 2.25. The van der Waals surface area contributed by atoms with Gasteiger partial charge in [0.05, 0.1) is 30.8 Å². The number of amides is 2. The van der Waals surface area contributed by atoms with E-state index in [2.05, 4.69) is 42.8 Å². The average molecular weight is 559 g/mol. The molecule has 1 aromatic heterocycles. The molecule has 1 unspecified atom stereocenters. The van der Waals surface area contributed by atoms with Crippen molar-refractivity contribution in [3.05, 3.63) is 30.0 Å². The molecule has 8 N–H and O–H groups in total. The topological polar surface area (TPSA) is 182 Å². The summed E-state index contributed by atoms with van der Waals surface area (Å²) < 4.78 is 5.48. The standard InChI is InChI=1S/C29H46N6O5/c1-18(33-22-16-20(40-5)15-19-11-12-24(29(2,3)4)35-26(19)22)9-8-14-32-25(36)17-23(28(38)39)34-27(37)21(31)10-6-7-13-30/h11-12,15-16,18,21,23,33H,6-10,13-14,17,30-31H2,1-5H3,(H,32,36)(H,34,37)(H,38,39)/t18?,21-,23+/m0/s1. The Balaban J connectivity index is 1.89. The lowest BCUT2D eigenvalue weighted by atomic mass is 9.91. The minimum absolute atomic E-state index is 0.0686. The fourth-order valence-electron chi connectivity index (χ4n) is 4.20. The Hall–Kier alpha value is -3.44. The van der Waals surface area contributed by atoms with Gasteiger partial charge in [-0.05, 0) is 51.3 Å². The van der Waals surface area contributed by atoms with Gasteiger partial charge in [-0.3, -0.25) is 14.6 Å². The van der Waals surface area contributed by atoms with Crippen LogP contribution >= 0.6 is 0 Å². The fraction of sp³-hybridized carbons (Fsp3) is 0.586. The average Bonchev–Trinajstić information content (AvgIpc) is 2.89. The number of fused-ring (bicyclic) bond motifs is 1. The molecule has 40 heavy (non-hydrogen) atoms. The van der Waals surface area contributed by atoms with Crippen molar-refractivity contribution >= 4 is 34.4 Å². The Morgan fingerprint density at radius 1 is 1.10 bits per heavy atom. The van der Waals surface area contributed by atoms with E-state index >= 15 is 0 Å². The first kappa shape index (κ1) is 32.8. The number of aromatic nitrogens is 1. The zero-order valence-electron chi connectivity index (χ0n) is 24.4. The Labute approximate surface area is 236 Å². The number of anilines is 1. The highest BCUT2D eigenvalue weighted by atomic mass is 16.5. The third-order valence-corrected chi connectivity index (χ3v) is 6.62. The predicted octanol–water partition coefficient (Wildman–Crippen LogP) is 2.65. The number of nitrogens with two attached hydrogens (primary N) is 2. The van der Waals surface area contributed by atoms with Crippen LogP contribution in [0.1, 0.15) is 71.9 Å². The van der Waals surface area contributed by atoms with Crippen molar-refractivity contribution in [3.63, 3.8) is 0 Å². The van der Waals surface area contributed by atoms with Crippen LogP contribution in [0, 0.1) is 0 Å². The number of carbonyl (C=O) groups excluding carboxylic acids is 2. The molecule has 0 saturated heterocycles. The van der Waals surface area contributed by atoms with E-state index in [9.17, 15) is 19.5 Å². The molecule has 0 aliphatic carbocycles. The van der Waals surface area contributed by atoms with Crippen LogP contribution < -0.4 is 32.2 Å². The second kappa shape index (κ2) is 15.4. The van der Waals surface area contributed by atoms with Crippen LogP contribution in [0.15, 0.2) is 24.3 Å². The zero-order chi connectivity index (χ0) is 29.9. The molecule has 2 amide bonds. The van der Waals surface area contributed by atoms with E-state index in [1.54, 1.807) is 7.11 Å². The molecular weight excluding hydrogens is 512 g/mol. The van der Waals surface area contributed by atoms with E-state index in [-0.39, 0.29) is 17.9 Å². The van der Waals surface area contributed by atoms with Gasteiger partial charge in [-0.15, -0.1) is 0 Å². The number of pyridine rings is 1. The second-order valence-corrected chi connectivity index (χ2v) is 11.2. The Morgan fingerprint density at radius 2 is 1.82 bits per heavy atom. The summed E-state index contributed by atoms with van der Waals surface area (Å²) in [5, 5.41) is 19.1. The number of unbranched alkanes of at least 4 members (excludes halogenated alkanes) is 1. The van der Waals surface area contributed by atoms with Crippen molar-refractivity contribution in [3.8, 4) is 5.75 Å². The quantitative estimate of drug-likeness (QED) is 0.169. The normalized spacial score (nSPS) is 13.8. The Kier molecular flexibility index (Phi) is 12.6. The third-order valence-electron chi connectivity index (χ3n) is 6.62. The van der Waals surface area contributed by atoms with Crippen molar-refractivity contribution in [1.82, 2.24) is 15.6 Å². The summed E-state index contributed by atoms with van der Waals surface area (Å²) >= 11 is 0. The molecule has 0 fully saturated rings. The SMILES string of the molecule is COc1cc(NC(C)CCCNC(=O)C[C@@H](NC(=O)[C@@H](N)CCCCN)C(=O)O)c2nc(C(C)(C)C)ccc2c1. The number of hydrogen-bond donors (Lipinski definition) is 6. The monoisotopic (exact) mass is 558 g/mol. The van der Waals surface area contributed by atoms with Gasteiger partial charge < -0.3 is 37.3 Å². The molecule has 1 aromatic carbocycles. The van der Waals surface area contributed by atoms with E-state index in [1.165, 1.54) is 0 Å². The number of hydrogen-bond acceptors (Lipinski definition) is 8. The van der Waals surface area contributed by atoms with Crippen LogP contribution in [-0.4, -0.2) is 66.2 Å². The Bertz CT molecular complexity index is 1150. The van der Waals surface area contributed by atoms with Crippen LogP contribution in [-0.2, 0) is 19.8 Å². The highest BCUT2D eigenvalue weighted by molar-refractivity contribution is 5.92. The largest absolute Gasteiger partial charge is 0.497 e. The summed E-state index contributed by atoms with van der Waals surface area (Å²) in [6.07, 6.45) is 2.83. The lowest BCUT2D eigenvalue weighted by Crippen LogP contribution is -2.50. The first-order valence-electron chi connectivity index (χ1n) is 13.9. The van der Waals surface area contributed by atoms with Gasteiger partial charge in [0.25, 0.3) is 0 Å². The first-order valence-corrected chi connectivity index (χ1v) is 13.9. The van der Waals surface area contributed by atoms with Crippen molar-refractivity contribution in [1.29, 1.82) is 0 Å². The number of aliphatic carboxylic acids is 1. The zero-order valence-corrected chi connectivity index (χ0v) is 24.4. The molecule has 3 atom stereocenters. The van der Waals surface area contributed by atoms with Crippen LogP contribution in [0.5, 0.6) is 5.75 Å². The van der Waals surface area contributed by atoms with Crippen molar-refractivity contribution in [2.75, 3.05) is 25.5 Å². The van der Waals surface area contributed by atoms with Crippen molar-refractivity contribution < 1.29 is 24.2 Å². The summed E-state index contributed by atoms with van der Waals surface area (Å²) in [6, 6.07) is 5.86. The first-order chi connectivity index (χ1) is 18.8. The smallest absolute Gasteiger partial charge is 0.326 e. The van der Waals surface area contributed by atoms with Gasteiger partial charge in [-0.2, -0.15) is 0 Å². The van der Waals surface area contributed by atoms with E-state index in [4.69, 9.17) is 21.2 Å². The van der Waals surface area contributed by atoms with Crippen molar-refractivity contribution in [2.24, 2.45) is 11.5 Å². The molecule has 0 aliphatic heterocycles. The number of carboxylic acids is 1. The maximum absolute atomic E-state index is 12.4. The molecule has 0 bridgehead atoms. The van der Waals surface area contributed by atoms with Gasteiger partial charge in [0.1, 0.15) is 11.8 Å². The number of rotatable bonds is 16. The van der Waals surface area contributed by atoms with E-state index in [0.717, 1.165) is 40.9 Å². The van der Waals surface area contributed by atoms with Crippen LogP contribution in [0.4, 0.5) is 5.69 Å². The van der Waals surface area contributed by atoms with Gasteiger partial charge in [0, 0.05) is 35.1 Å². The molecule has 11 nitrogen and oxygen atoms in total. The summed E-state index contributed by atoms with van der Waals surface area (Å²) in [4.78, 5) is 41.1. The van der Waals surface area contributed by atoms with Crippen LogP contribution in [0.2, 0.25) is 0 Å². The molecule has 1 heterocycles. The molecule has 0 aliphatic rings. The molecule has 222 valence electrons. The maximum atomic E-state index is 12.4. The van der Waals surface area contributed by atoms with Gasteiger partial charge in [-0.1, -0.05) is 33.3 Å². The van der Waals surface area contributed by atoms with Gasteiger partial charge in [0.15, 0.2) is 0 Å². The molecule has 0 saturated carbocycles. The molecular formula is C29H46N6O5. The molecule has 2 aromatic rings. The minimum atomic E-state index is -1.35. The fourth-order valence-corrected chi connectivity index (χ4v) is 4.20. The number of ether oxygens (including phenoxy) is 1. The molecule has 0 radical (unpaired) electrons. The van der Waals surface area contributed by atoms with E-state index in [1.807, 2.05) is 25.1 Å². The van der Waals surface area contributed by atoms with E-state index < -0.39 is 29.9 Å². The predicted molar refractivity (Wildman–Crippen MR) is 157 cm³/mol. The Morgan fingerprint density at radius 3 is 2.45 bits per heavy atom. The number of benzene rings is 1. The third kappa shape index (κ3) is 10.3. The number of carboxylic acid groups (broad SMARTS) is 1. The number of nitrogens with one attached hydrogen (secondary N) is 3. The van der Waals surface area contributed by atoms with Crippen molar-refractivity contribution in [2.45, 2.75) is 89.8 Å². The lowest BCUT2D eigenvalue weighted by Gasteiger charge is -2.21. The lowest BCUT2D eigenvalue weighted by molar-refractivity contribution is -0.143. The second-order valence-electron chi connectivity index (χ2n) is 11.2. The summed E-state index contributed by atoms with van der Waals surface area (Å²) in [5.74, 6) is -1.60. The molecule has 2 rings (SSSR count). The number of methoxy groups -OCH3 is 1. The van der Waals surface area contributed by atoms with E-state index in [0.29, 0.717) is 32.4 Å². The summed E-state index contributed by atoms with van der Waals surface area (Å²) in [7, 11) is 1.63. The van der Waals surface area contributed by atoms with Gasteiger partial charge in [-0.25, -0.2) is 4.79 Å². The summed E-state index contributed by atoms with van der Waals surface area (Å²) in [5.41, 5.74) is 13.9. The minimum Gasteiger partial charge on any atom is -0.497 e. The van der Waals surface area contributed by atoms with Crippen LogP contribution in [0.25, 0.3) is 10.9 Å². The summed E-state index contributed by atoms with van der Waals surface area (Å²) in [6.45, 7) is 9.29. The highest BCUT2D eigenvalue weighted by Crippen LogP contribution is 2.31. The molecule has 0 spiro atoms.